The van der Waals surface area contributed by atoms with Gasteiger partial charge in [0, 0.05) is 40.4 Å². The van der Waals surface area contributed by atoms with Crippen molar-refractivity contribution in [1.29, 1.82) is 0 Å². The van der Waals surface area contributed by atoms with Gasteiger partial charge in [-0.05, 0) is 61.3 Å². The highest BCUT2D eigenvalue weighted by molar-refractivity contribution is 7.90. The van der Waals surface area contributed by atoms with Crippen LogP contribution in [0.15, 0.2) is 57.9 Å². The monoisotopic (exact) mass is 359 g/mol. The van der Waals surface area contributed by atoms with Crippen molar-refractivity contribution in [3.8, 4) is 0 Å². The lowest BCUT2D eigenvalue weighted by Crippen LogP contribution is -2.21. The smallest absolute Gasteiger partial charge is 0.264 e. The minimum absolute atomic E-state index is 0.0283. The zero-order chi connectivity index (χ0) is 18.3. The van der Waals surface area contributed by atoms with Crippen LogP contribution in [-0.4, -0.2) is 21.5 Å². The number of azide groups is 1. The van der Waals surface area contributed by atoms with Crippen LogP contribution in [0.5, 0.6) is 0 Å². The molecule has 2 rings (SSSR count). The van der Waals surface area contributed by atoms with E-state index in [0.29, 0.717) is 6.54 Å². The molecule has 1 N–H and O–H groups in total. The Hall–Kier alpha value is -2.70. The third kappa shape index (κ3) is 4.89. The normalized spacial score (nSPS) is 10.8. The second-order valence-electron chi connectivity index (χ2n) is 5.36. The highest BCUT2D eigenvalue weighted by atomic mass is 32.2. The fraction of sp³-hybridized carbons (Fsp3) is 0.294. The second-order valence-corrected chi connectivity index (χ2v) is 6.95. The predicted octanol–water partition coefficient (Wildman–Crippen LogP) is 4.14. The molecule has 25 heavy (non-hydrogen) atoms. The Labute approximate surface area is 148 Å². The largest absolute Gasteiger partial charge is 0.381 e. The molecule has 0 atom stereocenters. The molecular weight excluding hydrogens is 338 g/mol. The highest BCUT2D eigenvalue weighted by Crippen LogP contribution is 2.18. The maximum Gasteiger partial charge on any atom is 0.264 e. The molecular formula is C17H21N5O2S. The van der Waals surface area contributed by atoms with Crippen LogP contribution in [0.4, 0.5) is 11.4 Å². The molecule has 0 saturated carbocycles. The first kappa shape index (κ1) is 18.6. The minimum atomic E-state index is -3.94. The number of hydrogen-bond acceptors (Lipinski definition) is 4. The lowest BCUT2D eigenvalue weighted by molar-refractivity contribution is 0.597. The van der Waals surface area contributed by atoms with Crippen LogP contribution in [0, 0.1) is 0 Å². The van der Waals surface area contributed by atoms with Gasteiger partial charge in [-0.2, -0.15) is 0 Å². The third-order valence-corrected chi connectivity index (χ3v) is 5.01. The van der Waals surface area contributed by atoms with Crippen molar-refractivity contribution in [2.45, 2.75) is 25.3 Å². The molecule has 8 heteroatoms. The van der Waals surface area contributed by atoms with Gasteiger partial charge in [0.05, 0.1) is 4.90 Å². The van der Waals surface area contributed by atoms with Gasteiger partial charge < -0.3 is 10.2 Å². The van der Waals surface area contributed by atoms with Gasteiger partial charge in [0.2, 0.25) is 0 Å². The zero-order valence-electron chi connectivity index (χ0n) is 14.3. The molecule has 0 radical (unpaired) electrons. The summed E-state index contributed by atoms with van der Waals surface area (Å²) in [6.07, 6.45) is 0. The van der Waals surface area contributed by atoms with Gasteiger partial charge in [-0.15, -0.1) is 0 Å². The molecule has 0 bridgehead atoms. The van der Waals surface area contributed by atoms with Crippen LogP contribution in [0.3, 0.4) is 0 Å². The molecule has 0 heterocycles. The molecule has 0 spiro atoms. The standard InChI is InChI=1S/C17H21N5O2S/c1-3-22(4-2)16-9-5-14(6-10-16)13-19-15-7-11-17(12-8-15)25(23,24)21-20-18/h5-12,19H,3-4,13H2,1-2H3. The fourth-order valence-corrected chi connectivity index (χ4v) is 3.13. The first-order chi connectivity index (χ1) is 12.0. The summed E-state index contributed by atoms with van der Waals surface area (Å²) in [6, 6.07) is 14.4. The lowest BCUT2D eigenvalue weighted by atomic mass is 10.2. The highest BCUT2D eigenvalue weighted by Gasteiger charge is 2.11. The zero-order valence-corrected chi connectivity index (χ0v) is 15.1. The van der Waals surface area contributed by atoms with E-state index in [9.17, 15) is 8.42 Å². The summed E-state index contributed by atoms with van der Waals surface area (Å²) in [5.74, 6) is 0. The van der Waals surface area contributed by atoms with Crippen molar-refractivity contribution < 1.29 is 8.42 Å². The van der Waals surface area contributed by atoms with Crippen LogP contribution < -0.4 is 10.2 Å². The SMILES string of the molecule is CCN(CC)c1ccc(CNc2ccc(S(=O)(=O)N=[N+]=[N-])cc2)cc1. The molecule has 132 valence electrons. The lowest BCUT2D eigenvalue weighted by Gasteiger charge is -2.21. The Balaban J connectivity index is 2.01. The molecule has 0 aliphatic heterocycles. The summed E-state index contributed by atoms with van der Waals surface area (Å²) in [4.78, 5) is 4.58. The molecule has 0 aliphatic carbocycles. The topological polar surface area (TPSA) is 98.2 Å². The van der Waals surface area contributed by atoms with Gasteiger partial charge in [0.1, 0.15) is 0 Å². The maximum atomic E-state index is 11.6. The van der Waals surface area contributed by atoms with Gasteiger partial charge in [-0.1, -0.05) is 12.1 Å². The predicted molar refractivity (Wildman–Crippen MR) is 100 cm³/mol. The summed E-state index contributed by atoms with van der Waals surface area (Å²) in [7, 11) is -3.94. The summed E-state index contributed by atoms with van der Waals surface area (Å²) >= 11 is 0. The molecule has 2 aromatic carbocycles. The Morgan fingerprint density at radius 3 is 2.16 bits per heavy atom. The van der Waals surface area contributed by atoms with Crippen molar-refractivity contribution in [2.24, 2.45) is 4.52 Å². The Kier molecular flexibility index (Phi) is 6.27. The van der Waals surface area contributed by atoms with E-state index < -0.39 is 10.0 Å². The molecule has 0 fully saturated rings. The van der Waals surface area contributed by atoms with E-state index in [1.807, 2.05) is 0 Å². The van der Waals surface area contributed by atoms with Gasteiger partial charge in [0.15, 0.2) is 0 Å². The summed E-state index contributed by atoms with van der Waals surface area (Å²) in [5, 5.41) is 3.24. The first-order valence-corrected chi connectivity index (χ1v) is 9.43. The van der Waals surface area contributed by atoms with Crippen LogP contribution in [0.2, 0.25) is 0 Å². The first-order valence-electron chi connectivity index (χ1n) is 7.99. The Bertz CT molecular complexity index is 838. The average molecular weight is 359 g/mol. The van der Waals surface area contributed by atoms with E-state index >= 15 is 0 Å². The van der Waals surface area contributed by atoms with Crippen LogP contribution in [0.25, 0.3) is 10.4 Å². The average Bonchev–Trinajstić information content (AvgIpc) is 2.62. The van der Waals surface area contributed by atoms with Crippen LogP contribution >= 0.6 is 0 Å². The fourth-order valence-electron chi connectivity index (χ4n) is 2.46. The van der Waals surface area contributed by atoms with Gasteiger partial charge in [0.25, 0.3) is 10.0 Å². The summed E-state index contributed by atoms with van der Waals surface area (Å²) in [6.45, 7) is 6.83. The van der Waals surface area contributed by atoms with Crippen LogP contribution in [0.1, 0.15) is 19.4 Å². The molecule has 0 aromatic heterocycles. The van der Waals surface area contributed by atoms with Gasteiger partial charge >= 0.3 is 0 Å². The molecule has 0 unspecified atom stereocenters. The van der Waals surface area contributed by atoms with Crippen molar-refractivity contribution in [3.05, 3.63) is 64.5 Å². The molecule has 0 aliphatic rings. The van der Waals surface area contributed by atoms with Gasteiger partial charge in [-0.3, -0.25) is 0 Å². The molecule has 0 saturated heterocycles. The van der Waals surface area contributed by atoms with E-state index in [-0.39, 0.29) is 4.90 Å². The summed E-state index contributed by atoms with van der Waals surface area (Å²) < 4.78 is 26.0. The third-order valence-electron chi connectivity index (χ3n) is 3.86. The van der Waals surface area contributed by atoms with Crippen molar-refractivity contribution in [1.82, 2.24) is 0 Å². The van der Waals surface area contributed by atoms with E-state index in [4.69, 9.17) is 5.53 Å². The van der Waals surface area contributed by atoms with Gasteiger partial charge in [-0.25, -0.2) is 8.42 Å². The van der Waals surface area contributed by atoms with E-state index in [2.05, 4.69) is 57.8 Å². The van der Waals surface area contributed by atoms with Crippen molar-refractivity contribution >= 4 is 21.4 Å². The quantitative estimate of drug-likeness (QED) is 0.435. The number of rotatable bonds is 8. The number of benzene rings is 2. The minimum Gasteiger partial charge on any atom is -0.381 e. The maximum absolute atomic E-state index is 11.6. The second kappa shape index (κ2) is 8.41. The Morgan fingerprint density at radius 1 is 1.04 bits per heavy atom. The number of hydrogen-bond donors (Lipinski definition) is 1. The number of anilines is 2. The van der Waals surface area contributed by atoms with E-state index in [1.54, 1.807) is 12.1 Å². The number of sulfonamides is 1. The summed E-state index contributed by atoms with van der Waals surface area (Å²) in [5.41, 5.74) is 11.4. The Morgan fingerprint density at radius 2 is 1.64 bits per heavy atom. The van der Waals surface area contributed by atoms with Crippen molar-refractivity contribution in [3.63, 3.8) is 0 Å². The number of nitrogens with one attached hydrogen (secondary N) is 1. The number of nitrogens with zero attached hydrogens (tertiary/aromatic N) is 4. The van der Waals surface area contributed by atoms with E-state index in [0.717, 1.165) is 24.3 Å². The van der Waals surface area contributed by atoms with Crippen LogP contribution in [-0.2, 0) is 16.6 Å². The van der Waals surface area contributed by atoms with Crippen molar-refractivity contribution in [2.75, 3.05) is 23.3 Å². The molecule has 0 amide bonds. The molecule has 7 nitrogen and oxygen atoms in total. The van der Waals surface area contributed by atoms with E-state index in [1.165, 1.54) is 17.8 Å². The molecule has 2 aromatic rings.